The van der Waals surface area contributed by atoms with Crippen LogP contribution in [0, 0.1) is 6.92 Å². The van der Waals surface area contributed by atoms with E-state index in [9.17, 15) is 4.79 Å². The number of rotatable bonds is 0. The largest absolute Gasteiger partial charge is 0.346 e. The smallest absolute Gasteiger partial charge is 0.225 e. The van der Waals surface area contributed by atoms with Crippen LogP contribution in [0.25, 0.3) is 0 Å². The number of hydrogen-bond acceptors (Lipinski definition) is 1. The van der Waals surface area contributed by atoms with Crippen LogP contribution >= 0.6 is 0 Å². The van der Waals surface area contributed by atoms with Crippen molar-refractivity contribution in [2.75, 3.05) is 0 Å². The van der Waals surface area contributed by atoms with Gasteiger partial charge in [0.15, 0.2) is 0 Å². The maximum atomic E-state index is 11.5. The normalized spacial score (nSPS) is 21.6. The molecular formula is C12H13NO. The second kappa shape index (κ2) is 2.38. The van der Waals surface area contributed by atoms with E-state index in [0.29, 0.717) is 6.42 Å². The minimum Gasteiger partial charge on any atom is -0.346 e. The molecule has 1 spiro atoms. The molecule has 0 aromatic heterocycles. The van der Waals surface area contributed by atoms with E-state index in [1.165, 1.54) is 16.7 Å². The van der Waals surface area contributed by atoms with Crippen LogP contribution in [0.15, 0.2) is 18.2 Å². The lowest BCUT2D eigenvalue weighted by Gasteiger charge is -2.26. The Kier molecular flexibility index (Phi) is 1.37. The van der Waals surface area contributed by atoms with Crippen LogP contribution in [-0.4, -0.2) is 5.91 Å². The Morgan fingerprint density at radius 3 is 2.86 bits per heavy atom. The van der Waals surface area contributed by atoms with E-state index in [-0.39, 0.29) is 11.4 Å². The summed E-state index contributed by atoms with van der Waals surface area (Å²) in [5, 5.41) is 3.10. The van der Waals surface area contributed by atoms with Crippen molar-refractivity contribution in [3.05, 3.63) is 34.9 Å². The summed E-state index contributed by atoms with van der Waals surface area (Å²) in [6.07, 6.45) is 2.77. The van der Waals surface area contributed by atoms with Crippen LogP contribution in [-0.2, 0) is 16.8 Å². The first kappa shape index (κ1) is 8.04. The molecule has 1 N–H and O–H groups in total. The molecule has 0 unspecified atom stereocenters. The van der Waals surface area contributed by atoms with Crippen molar-refractivity contribution in [1.82, 2.24) is 5.32 Å². The van der Waals surface area contributed by atoms with Gasteiger partial charge in [-0.2, -0.15) is 0 Å². The van der Waals surface area contributed by atoms with Gasteiger partial charge in [-0.15, -0.1) is 0 Å². The van der Waals surface area contributed by atoms with E-state index in [2.05, 4.69) is 30.4 Å². The molecule has 2 aliphatic rings. The Morgan fingerprint density at radius 2 is 2.14 bits per heavy atom. The fourth-order valence-electron chi connectivity index (χ4n) is 2.41. The predicted molar refractivity (Wildman–Crippen MR) is 53.9 cm³/mol. The van der Waals surface area contributed by atoms with Gasteiger partial charge in [-0.25, -0.2) is 0 Å². The molecule has 1 aliphatic carbocycles. The number of carbonyl (C=O) groups is 1. The van der Waals surface area contributed by atoms with Crippen molar-refractivity contribution >= 4 is 5.91 Å². The molecule has 2 heteroatoms. The summed E-state index contributed by atoms with van der Waals surface area (Å²) in [5.41, 5.74) is 3.85. The quantitative estimate of drug-likeness (QED) is 0.657. The summed E-state index contributed by atoms with van der Waals surface area (Å²) in [5.74, 6) is 0.181. The number of carbonyl (C=O) groups excluding carboxylic acids is 1. The minimum absolute atomic E-state index is 0.0262. The molecule has 1 aliphatic heterocycles. The number of fused-ring (bicyclic) bond motifs is 2. The van der Waals surface area contributed by atoms with E-state index >= 15 is 0 Å². The number of benzene rings is 1. The summed E-state index contributed by atoms with van der Waals surface area (Å²) in [6.45, 7) is 2.08. The Bertz CT molecular complexity index is 418. The molecule has 72 valence electrons. The van der Waals surface area contributed by atoms with Gasteiger partial charge in [0.2, 0.25) is 5.91 Å². The second-order valence-corrected chi connectivity index (χ2v) is 4.47. The average molecular weight is 187 g/mol. The highest BCUT2D eigenvalue weighted by atomic mass is 16.1. The maximum absolute atomic E-state index is 11.5. The summed E-state index contributed by atoms with van der Waals surface area (Å²) in [7, 11) is 0. The molecular weight excluding hydrogens is 174 g/mol. The molecule has 0 atom stereocenters. The van der Waals surface area contributed by atoms with Gasteiger partial charge < -0.3 is 5.32 Å². The van der Waals surface area contributed by atoms with Crippen molar-refractivity contribution in [3.63, 3.8) is 0 Å². The standard InChI is InChI=1S/C12H13NO/c1-8-2-3-10-9(6-8)7-11(14)13-12(10)4-5-12/h2-3,6H,4-5,7H2,1H3,(H,13,14). The summed E-state index contributed by atoms with van der Waals surface area (Å²) in [4.78, 5) is 11.5. The van der Waals surface area contributed by atoms with Crippen molar-refractivity contribution in [3.8, 4) is 0 Å². The van der Waals surface area contributed by atoms with Crippen molar-refractivity contribution in [1.29, 1.82) is 0 Å². The predicted octanol–water partition coefficient (Wildman–Crippen LogP) is 1.66. The third-order valence-corrected chi connectivity index (χ3v) is 3.26. The molecule has 0 saturated heterocycles. The lowest BCUT2D eigenvalue weighted by Crippen LogP contribution is -2.41. The Morgan fingerprint density at radius 1 is 1.36 bits per heavy atom. The Balaban J connectivity index is 2.17. The summed E-state index contributed by atoms with van der Waals surface area (Å²) < 4.78 is 0. The van der Waals surface area contributed by atoms with E-state index in [0.717, 1.165) is 12.8 Å². The lowest BCUT2D eigenvalue weighted by molar-refractivity contribution is -0.122. The van der Waals surface area contributed by atoms with Crippen LogP contribution in [0.4, 0.5) is 0 Å². The third kappa shape index (κ3) is 0.999. The van der Waals surface area contributed by atoms with Gasteiger partial charge in [0.25, 0.3) is 0 Å². The first-order valence-corrected chi connectivity index (χ1v) is 5.11. The summed E-state index contributed by atoms with van der Waals surface area (Å²) in [6, 6.07) is 6.46. The molecule has 1 heterocycles. The highest BCUT2D eigenvalue weighted by molar-refractivity contribution is 5.83. The first-order valence-electron chi connectivity index (χ1n) is 5.11. The van der Waals surface area contributed by atoms with Crippen LogP contribution < -0.4 is 5.32 Å². The molecule has 1 saturated carbocycles. The third-order valence-electron chi connectivity index (χ3n) is 3.26. The average Bonchev–Trinajstić information content (AvgIpc) is 2.84. The lowest BCUT2D eigenvalue weighted by atomic mass is 9.91. The van der Waals surface area contributed by atoms with Crippen molar-refractivity contribution in [2.24, 2.45) is 0 Å². The zero-order chi connectivity index (χ0) is 9.76. The zero-order valence-corrected chi connectivity index (χ0v) is 8.26. The van der Waals surface area contributed by atoms with Gasteiger partial charge in [0.05, 0.1) is 12.0 Å². The number of aryl methyl sites for hydroxylation is 1. The zero-order valence-electron chi connectivity index (χ0n) is 8.26. The Labute approximate surface area is 83.3 Å². The van der Waals surface area contributed by atoms with Crippen LogP contribution in [0.5, 0.6) is 0 Å². The first-order chi connectivity index (χ1) is 6.70. The van der Waals surface area contributed by atoms with E-state index in [4.69, 9.17) is 0 Å². The maximum Gasteiger partial charge on any atom is 0.225 e. The topological polar surface area (TPSA) is 29.1 Å². The second-order valence-electron chi connectivity index (χ2n) is 4.47. The summed E-state index contributed by atoms with van der Waals surface area (Å²) >= 11 is 0. The van der Waals surface area contributed by atoms with Gasteiger partial charge in [-0.1, -0.05) is 23.8 Å². The molecule has 1 aromatic carbocycles. The number of hydrogen-bond donors (Lipinski definition) is 1. The van der Waals surface area contributed by atoms with Gasteiger partial charge in [-0.05, 0) is 30.9 Å². The van der Waals surface area contributed by atoms with Crippen LogP contribution in [0.2, 0.25) is 0 Å². The minimum atomic E-state index is 0.0262. The molecule has 0 radical (unpaired) electrons. The molecule has 1 amide bonds. The van der Waals surface area contributed by atoms with E-state index < -0.39 is 0 Å². The molecule has 3 rings (SSSR count). The molecule has 0 bridgehead atoms. The fourth-order valence-corrected chi connectivity index (χ4v) is 2.41. The van der Waals surface area contributed by atoms with Crippen molar-refractivity contribution in [2.45, 2.75) is 31.7 Å². The molecule has 14 heavy (non-hydrogen) atoms. The highest BCUT2D eigenvalue weighted by Gasteiger charge is 2.48. The monoisotopic (exact) mass is 187 g/mol. The van der Waals surface area contributed by atoms with Gasteiger partial charge >= 0.3 is 0 Å². The fraction of sp³-hybridized carbons (Fsp3) is 0.417. The SMILES string of the molecule is Cc1ccc2c(c1)CC(=O)NC21CC1. The number of nitrogens with one attached hydrogen (secondary N) is 1. The highest BCUT2D eigenvalue weighted by Crippen LogP contribution is 2.48. The van der Waals surface area contributed by atoms with Gasteiger partial charge in [-0.3, -0.25) is 4.79 Å². The van der Waals surface area contributed by atoms with Crippen molar-refractivity contribution < 1.29 is 4.79 Å². The van der Waals surface area contributed by atoms with E-state index in [1.54, 1.807) is 0 Å². The van der Waals surface area contributed by atoms with Crippen LogP contribution in [0.1, 0.15) is 29.5 Å². The van der Waals surface area contributed by atoms with Gasteiger partial charge in [0, 0.05) is 0 Å². The Hall–Kier alpha value is -1.31. The van der Waals surface area contributed by atoms with Crippen LogP contribution in [0.3, 0.4) is 0 Å². The molecule has 1 fully saturated rings. The molecule has 1 aromatic rings. The number of amides is 1. The van der Waals surface area contributed by atoms with Gasteiger partial charge in [0.1, 0.15) is 0 Å². The molecule has 2 nitrogen and oxygen atoms in total. The van der Waals surface area contributed by atoms with E-state index in [1.807, 2.05) is 0 Å².